The van der Waals surface area contributed by atoms with Crippen molar-refractivity contribution in [3.8, 4) is 0 Å². The molecule has 2 aliphatic heterocycles. The van der Waals surface area contributed by atoms with E-state index in [1.54, 1.807) is 4.90 Å². The average Bonchev–Trinajstić information content (AvgIpc) is 3.03. The van der Waals surface area contributed by atoms with Crippen LogP contribution in [0, 0.1) is 0 Å². The fourth-order valence-corrected chi connectivity index (χ4v) is 3.48. The zero-order valence-electron chi connectivity index (χ0n) is 14.2. The maximum atomic E-state index is 13.0. The average molecular weight is 331 g/mol. The van der Waals surface area contributed by atoms with Gasteiger partial charge in [-0.1, -0.05) is 30.3 Å². The molecule has 2 saturated heterocycles. The van der Waals surface area contributed by atoms with E-state index in [2.05, 4.69) is 5.32 Å². The molecule has 1 unspecified atom stereocenters. The summed E-state index contributed by atoms with van der Waals surface area (Å²) in [5.74, 6) is 0.0400. The predicted octanol–water partition coefficient (Wildman–Crippen LogP) is 1.61. The summed E-state index contributed by atoms with van der Waals surface area (Å²) in [5, 5.41) is 3.25. The van der Waals surface area contributed by atoms with Crippen molar-refractivity contribution in [3.05, 3.63) is 35.9 Å². The lowest BCUT2D eigenvalue weighted by molar-refractivity contribution is -0.141. The van der Waals surface area contributed by atoms with Crippen LogP contribution in [0.5, 0.6) is 0 Å². The van der Waals surface area contributed by atoms with Crippen molar-refractivity contribution in [1.29, 1.82) is 0 Å². The highest BCUT2D eigenvalue weighted by Crippen LogP contribution is 2.32. The molecule has 0 radical (unpaired) electrons. The zero-order valence-corrected chi connectivity index (χ0v) is 14.2. The molecule has 6 heteroatoms. The highest BCUT2D eigenvalue weighted by atomic mass is 16.6. The summed E-state index contributed by atoms with van der Waals surface area (Å²) in [5.41, 5.74) is 0.158. The van der Waals surface area contributed by atoms with Crippen molar-refractivity contribution in [2.75, 3.05) is 32.7 Å². The van der Waals surface area contributed by atoms with Crippen molar-refractivity contribution in [2.45, 2.75) is 31.9 Å². The van der Waals surface area contributed by atoms with E-state index in [-0.39, 0.29) is 12.5 Å². The maximum absolute atomic E-state index is 13.0. The van der Waals surface area contributed by atoms with E-state index in [1.165, 1.54) is 0 Å². The van der Waals surface area contributed by atoms with Crippen LogP contribution in [0.1, 0.15) is 25.3 Å². The van der Waals surface area contributed by atoms with Gasteiger partial charge in [0.15, 0.2) is 0 Å². The minimum Gasteiger partial charge on any atom is -0.445 e. The summed E-state index contributed by atoms with van der Waals surface area (Å²) in [6.45, 7) is 5.67. The lowest BCUT2D eigenvalue weighted by Gasteiger charge is -2.39. The number of ether oxygens (including phenoxy) is 1. The van der Waals surface area contributed by atoms with Crippen molar-refractivity contribution in [3.63, 3.8) is 0 Å². The molecule has 0 bridgehead atoms. The fraction of sp³-hybridized carbons (Fsp3) is 0.556. The molecule has 1 aromatic carbocycles. The molecule has 0 saturated carbocycles. The third-order valence-corrected chi connectivity index (χ3v) is 4.93. The maximum Gasteiger partial charge on any atom is 0.410 e. The normalized spacial score (nSPS) is 24.0. The Labute approximate surface area is 142 Å². The van der Waals surface area contributed by atoms with Crippen LogP contribution in [0.25, 0.3) is 0 Å². The molecule has 1 N–H and O–H groups in total. The minimum atomic E-state index is -0.787. The van der Waals surface area contributed by atoms with Crippen LogP contribution in [-0.2, 0) is 16.1 Å². The Balaban J connectivity index is 1.64. The lowest BCUT2D eigenvalue weighted by Crippen LogP contribution is -2.59. The van der Waals surface area contributed by atoms with Gasteiger partial charge >= 0.3 is 6.09 Å². The lowest BCUT2D eigenvalue weighted by atomic mass is 9.96. The van der Waals surface area contributed by atoms with E-state index in [0.717, 1.165) is 25.1 Å². The highest BCUT2D eigenvalue weighted by Gasteiger charge is 2.48. The van der Waals surface area contributed by atoms with Crippen LogP contribution in [0.15, 0.2) is 30.3 Å². The van der Waals surface area contributed by atoms with E-state index >= 15 is 0 Å². The van der Waals surface area contributed by atoms with Gasteiger partial charge < -0.3 is 15.0 Å². The monoisotopic (exact) mass is 331 g/mol. The Kier molecular flexibility index (Phi) is 5.04. The van der Waals surface area contributed by atoms with Crippen LogP contribution in [0.3, 0.4) is 0 Å². The van der Waals surface area contributed by atoms with Crippen molar-refractivity contribution < 1.29 is 14.3 Å². The van der Waals surface area contributed by atoms with E-state index in [4.69, 9.17) is 4.74 Å². The first kappa shape index (κ1) is 16.8. The highest BCUT2D eigenvalue weighted by molar-refractivity contribution is 5.90. The molecule has 0 aliphatic carbocycles. The third-order valence-electron chi connectivity index (χ3n) is 4.93. The van der Waals surface area contributed by atoms with Gasteiger partial charge in [0.25, 0.3) is 0 Å². The van der Waals surface area contributed by atoms with Crippen LogP contribution >= 0.6 is 0 Å². The molecular formula is C18H25N3O3. The first-order valence-electron chi connectivity index (χ1n) is 8.60. The molecular weight excluding hydrogens is 306 g/mol. The molecule has 24 heavy (non-hydrogen) atoms. The number of amides is 2. The third kappa shape index (κ3) is 3.38. The number of rotatable bonds is 3. The van der Waals surface area contributed by atoms with Crippen LogP contribution in [-0.4, -0.2) is 60.1 Å². The molecule has 1 aromatic rings. The van der Waals surface area contributed by atoms with Crippen molar-refractivity contribution in [2.24, 2.45) is 0 Å². The van der Waals surface area contributed by atoms with Gasteiger partial charge in [0.2, 0.25) is 5.91 Å². The Bertz CT molecular complexity index is 586. The van der Waals surface area contributed by atoms with Crippen LogP contribution in [0.2, 0.25) is 0 Å². The summed E-state index contributed by atoms with van der Waals surface area (Å²) in [6, 6.07) is 9.59. The summed E-state index contributed by atoms with van der Waals surface area (Å²) in [4.78, 5) is 29.0. The number of likely N-dealkylation sites (tertiary alicyclic amines) is 1. The molecule has 0 spiro atoms. The van der Waals surface area contributed by atoms with Gasteiger partial charge in [0.1, 0.15) is 12.1 Å². The van der Waals surface area contributed by atoms with Gasteiger partial charge in [-0.2, -0.15) is 0 Å². The van der Waals surface area contributed by atoms with Crippen LogP contribution < -0.4 is 5.32 Å². The number of carbonyl (C=O) groups is 2. The topological polar surface area (TPSA) is 61.9 Å². The number of carbonyl (C=O) groups excluding carboxylic acids is 2. The Morgan fingerprint density at radius 2 is 1.88 bits per heavy atom. The van der Waals surface area contributed by atoms with Crippen molar-refractivity contribution in [1.82, 2.24) is 15.1 Å². The van der Waals surface area contributed by atoms with E-state index < -0.39 is 11.6 Å². The Hall–Kier alpha value is -2.08. The quantitative estimate of drug-likeness (QED) is 0.914. The number of piperazine rings is 1. The Morgan fingerprint density at radius 3 is 2.58 bits per heavy atom. The second kappa shape index (κ2) is 7.21. The van der Waals surface area contributed by atoms with E-state index in [0.29, 0.717) is 26.1 Å². The second-order valence-electron chi connectivity index (χ2n) is 6.61. The minimum absolute atomic E-state index is 0.0400. The molecule has 2 amide bonds. The second-order valence-corrected chi connectivity index (χ2v) is 6.61. The van der Waals surface area contributed by atoms with Gasteiger partial charge in [-0.05, 0) is 25.3 Å². The molecule has 6 nitrogen and oxygen atoms in total. The van der Waals surface area contributed by atoms with Gasteiger partial charge in [-0.25, -0.2) is 4.79 Å². The predicted molar refractivity (Wildman–Crippen MR) is 90.4 cm³/mol. The fourth-order valence-electron chi connectivity index (χ4n) is 3.48. The smallest absolute Gasteiger partial charge is 0.410 e. The number of nitrogens with one attached hydrogen (secondary N) is 1. The largest absolute Gasteiger partial charge is 0.445 e. The van der Waals surface area contributed by atoms with Gasteiger partial charge in [0, 0.05) is 32.7 Å². The van der Waals surface area contributed by atoms with Crippen molar-refractivity contribution >= 4 is 12.0 Å². The molecule has 3 rings (SSSR count). The number of hydrogen-bond donors (Lipinski definition) is 1. The first-order chi connectivity index (χ1) is 11.6. The first-order valence-corrected chi connectivity index (χ1v) is 8.60. The molecule has 2 aliphatic rings. The molecule has 130 valence electrons. The van der Waals surface area contributed by atoms with Gasteiger partial charge in [-0.3, -0.25) is 9.69 Å². The van der Waals surface area contributed by atoms with E-state index in [9.17, 15) is 9.59 Å². The number of benzene rings is 1. The SMILES string of the molecule is CC1(C(=O)N2CCNCC2)CCCN1C(=O)OCc1ccccc1. The Morgan fingerprint density at radius 1 is 1.17 bits per heavy atom. The molecule has 0 aromatic heterocycles. The summed E-state index contributed by atoms with van der Waals surface area (Å²) in [7, 11) is 0. The zero-order chi connectivity index (χ0) is 17.0. The molecule has 1 atom stereocenters. The molecule has 2 heterocycles. The van der Waals surface area contributed by atoms with Gasteiger partial charge in [0.05, 0.1) is 0 Å². The van der Waals surface area contributed by atoms with Gasteiger partial charge in [-0.15, -0.1) is 0 Å². The van der Waals surface area contributed by atoms with E-state index in [1.807, 2.05) is 42.2 Å². The number of nitrogens with zero attached hydrogens (tertiary/aromatic N) is 2. The van der Waals surface area contributed by atoms with Crippen LogP contribution in [0.4, 0.5) is 4.79 Å². The summed E-state index contributed by atoms with van der Waals surface area (Å²) >= 11 is 0. The summed E-state index contributed by atoms with van der Waals surface area (Å²) in [6.07, 6.45) is 1.12. The number of hydrogen-bond acceptors (Lipinski definition) is 4. The standard InChI is InChI=1S/C18H25N3O3/c1-18(16(22)20-12-9-19-10-13-20)8-5-11-21(18)17(23)24-14-15-6-3-2-4-7-15/h2-4,6-7,19H,5,8-14H2,1H3. The molecule has 2 fully saturated rings. The summed E-state index contributed by atoms with van der Waals surface area (Å²) < 4.78 is 5.45.